The lowest BCUT2D eigenvalue weighted by atomic mass is 10.1. The Morgan fingerprint density at radius 3 is 2.74 bits per heavy atom. The molecule has 1 unspecified atom stereocenters. The zero-order chi connectivity index (χ0) is 13.7. The van der Waals surface area contributed by atoms with Crippen LogP contribution >= 0.6 is 0 Å². The number of carbonyl (C=O) groups excluding carboxylic acids is 1. The van der Waals surface area contributed by atoms with Gasteiger partial charge < -0.3 is 11.1 Å². The molecule has 3 N–H and O–H groups in total. The molecule has 5 heteroatoms. The Bertz CT molecular complexity index is 519. The van der Waals surface area contributed by atoms with Gasteiger partial charge in [0.15, 0.2) is 0 Å². The molecule has 1 amide bonds. The molecule has 0 bridgehead atoms. The highest BCUT2D eigenvalue weighted by Gasteiger charge is 2.10. The number of benzene rings is 1. The summed E-state index contributed by atoms with van der Waals surface area (Å²) in [5.74, 6) is -0.0803. The monoisotopic (exact) mass is 258 g/mol. The zero-order valence-corrected chi connectivity index (χ0v) is 10.9. The normalized spacial score (nSPS) is 12.1. The molecule has 0 aliphatic heterocycles. The molecule has 100 valence electrons. The van der Waals surface area contributed by atoms with Crippen molar-refractivity contribution in [3.63, 3.8) is 0 Å². The predicted octanol–water partition coefficient (Wildman–Crippen LogP) is 1.16. The summed E-state index contributed by atoms with van der Waals surface area (Å²) in [7, 11) is 0. The van der Waals surface area contributed by atoms with Gasteiger partial charge in [-0.3, -0.25) is 9.48 Å². The Kier molecular flexibility index (Phi) is 4.30. The lowest BCUT2D eigenvalue weighted by Gasteiger charge is -2.14. The summed E-state index contributed by atoms with van der Waals surface area (Å²) >= 11 is 0. The fraction of sp³-hybridized carbons (Fsp3) is 0.286. The molecule has 5 nitrogen and oxygen atoms in total. The number of amides is 1. The van der Waals surface area contributed by atoms with Crippen LogP contribution in [0.1, 0.15) is 22.8 Å². The van der Waals surface area contributed by atoms with Gasteiger partial charge in [-0.05, 0) is 30.7 Å². The third-order valence-electron chi connectivity index (χ3n) is 2.85. The van der Waals surface area contributed by atoms with Gasteiger partial charge in [-0.15, -0.1) is 0 Å². The minimum absolute atomic E-state index is 0.0154. The van der Waals surface area contributed by atoms with Gasteiger partial charge in [-0.25, -0.2) is 0 Å². The van der Waals surface area contributed by atoms with Crippen molar-refractivity contribution in [2.45, 2.75) is 26.1 Å². The van der Waals surface area contributed by atoms with Crippen molar-refractivity contribution in [3.8, 4) is 0 Å². The van der Waals surface area contributed by atoms with Crippen molar-refractivity contribution >= 4 is 5.91 Å². The second-order valence-corrected chi connectivity index (χ2v) is 4.50. The van der Waals surface area contributed by atoms with Gasteiger partial charge in [0.2, 0.25) is 0 Å². The van der Waals surface area contributed by atoms with Crippen molar-refractivity contribution in [1.82, 2.24) is 15.1 Å². The first-order valence-electron chi connectivity index (χ1n) is 6.26. The van der Waals surface area contributed by atoms with Crippen molar-refractivity contribution in [3.05, 3.63) is 53.9 Å². The maximum Gasteiger partial charge on any atom is 0.251 e. The van der Waals surface area contributed by atoms with E-state index >= 15 is 0 Å². The van der Waals surface area contributed by atoms with Gasteiger partial charge in [-0.1, -0.05) is 12.1 Å². The largest absolute Gasteiger partial charge is 0.348 e. The van der Waals surface area contributed by atoms with Crippen LogP contribution in [-0.4, -0.2) is 21.7 Å². The molecule has 0 aliphatic carbocycles. The van der Waals surface area contributed by atoms with Crippen LogP contribution in [0, 0.1) is 0 Å². The Hall–Kier alpha value is -2.14. The van der Waals surface area contributed by atoms with E-state index in [1.165, 1.54) is 0 Å². The van der Waals surface area contributed by atoms with Crippen LogP contribution in [0.2, 0.25) is 0 Å². The summed E-state index contributed by atoms with van der Waals surface area (Å²) in [5.41, 5.74) is 7.18. The van der Waals surface area contributed by atoms with E-state index in [4.69, 9.17) is 5.73 Å². The van der Waals surface area contributed by atoms with Gasteiger partial charge in [0, 0.05) is 30.5 Å². The van der Waals surface area contributed by atoms with Crippen LogP contribution in [0.25, 0.3) is 0 Å². The topological polar surface area (TPSA) is 72.9 Å². The fourth-order valence-corrected chi connectivity index (χ4v) is 1.83. The van der Waals surface area contributed by atoms with Crippen LogP contribution in [0.3, 0.4) is 0 Å². The fourth-order valence-electron chi connectivity index (χ4n) is 1.83. The second-order valence-electron chi connectivity index (χ2n) is 4.50. The number of nitrogens with zero attached hydrogens (tertiary/aromatic N) is 2. The predicted molar refractivity (Wildman–Crippen MR) is 73.5 cm³/mol. The molecule has 0 saturated heterocycles. The molecule has 1 aromatic heterocycles. The third-order valence-corrected chi connectivity index (χ3v) is 2.85. The highest BCUT2D eigenvalue weighted by Crippen LogP contribution is 2.04. The first kappa shape index (κ1) is 13.3. The number of aromatic nitrogens is 2. The summed E-state index contributed by atoms with van der Waals surface area (Å²) in [5, 5.41) is 7.05. The number of carbonyl (C=O) groups is 1. The van der Waals surface area contributed by atoms with Crippen LogP contribution < -0.4 is 11.1 Å². The van der Waals surface area contributed by atoms with Crippen molar-refractivity contribution in [2.24, 2.45) is 5.73 Å². The molecular weight excluding hydrogens is 240 g/mol. The average molecular weight is 258 g/mol. The summed E-state index contributed by atoms with van der Waals surface area (Å²) in [4.78, 5) is 12.0. The van der Waals surface area contributed by atoms with Gasteiger partial charge in [-0.2, -0.15) is 5.10 Å². The number of hydrogen-bond donors (Lipinski definition) is 2. The molecule has 2 aromatic rings. The number of nitrogens with two attached hydrogens (primary N) is 1. The first-order chi connectivity index (χ1) is 9.19. The minimum Gasteiger partial charge on any atom is -0.348 e. The van der Waals surface area contributed by atoms with Gasteiger partial charge >= 0.3 is 0 Å². The van der Waals surface area contributed by atoms with E-state index in [9.17, 15) is 4.79 Å². The molecule has 1 aromatic carbocycles. The second kappa shape index (κ2) is 6.15. The van der Waals surface area contributed by atoms with E-state index in [1.54, 1.807) is 23.0 Å². The smallest absolute Gasteiger partial charge is 0.251 e. The van der Waals surface area contributed by atoms with Gasteiger partial charge in [0.05, 0.1) is 6.54 Å². The molecule has 0 radical (unpaired) electrons. The molecular formula is C14H18N4O. The van der Waals surface area contributed by atoms with E-state index in [1.807, 2.05) is 31.3 Å². The number of hydrogen-bond acceptors (Lipinski definition) is 3. The summed E-state index contributed by atoms with van der Waals surface area (Å²) < 4.78 is 1.79. The third kappa shape index (κ3) is 3.66. The molecule has 1 atom stereocenters. The van der Waals surface area contributed by atoms with Crippen molar-refractivity contribution < 1.29 is 4.79 Å². The SMILES string of the molecule is CC(Cn1cccn1)NC(=O)c1ccc(CN)cc1. The average Bonchev–Trinajstić information content (AvgIpc) is 2.91. The van der Waals surface area contributed by atoms with E-state index in [0.29, 0.717) is 18.7 Å². The van der Waals surface area contributed by atoms with Crippen molar-refractivity contribution in [2.75, 3.05) is 0 Å². The molecule has 1 heterocycles. The molecule has 0 fully saturated rings. The van der Waals surface area contributed by atoms with E-state index < -0.39 is 0 Å². The summed E-state index contributed by atoms with van der Waals surface area (Å²) in [6.07, 6.45) is 3.60. The summed E-state index contributed by atoms with van der Waals surface area (Å²) in [6.45, 7) is 3.09. The van der Waals surface area contributed by atoms with Crippen LogP contribution in [0.5, 0.6) is 0 Å². The lowest BCUT2D eigenvalue weighted by molar-refractivity contribution is 0.0936. The zero-order valence-electron chi connectivity index (χ0n) is 10.9. The molecule has 0 aliphatic rings. The Labute approximate surface area is 112 Å². The van der Waals surface area contributed by atoms with Gasteiger partial charge in [0.1, 0.15) is 0 Å². The van der Waals surface area contributed by atoms with Crippen LogP contribution in [0.4, 0.5) is 0 Å². The van der Waals surface area contributed by atoms with Gasteiger partial charge in [0.25, 0.3) is 5.91 Å². The molecule has 19 heavy (non-hydrogen) atoms. The Morgan fingerprint density at radius 2 is 2.16 bits per heavy atom. The maximum atomic E-state index is 12.0. The standard InChI is InChI=1S/C14H18N4O/c1-11(10-18-8-2-7-16-18)17-14(19)13-5-3-12(9-15)4-6-13/h2-8,11H,9-10,15H2,1H3,(H,17,19). The quantitative estimate of drug-likeness (QED) is 0.845. The Morgan fingerprint density at radius 1 is 1.42 bits per heavy atom. The van der Waals surface area contributed by atoms with Crippen LogP contribution in [-0.2, 0) is 13.1 Å². The van der Waals surface area contributed by atoms with Crippen LogP contribution in [0.15, 0.2) is 42.7 Å². The highest BCUT2D eigenvalue weighted by molar-refractivity contribution is 5.94. The summed E-state index contributed by atoms with van der Waals surface area (Å²) in [6, 6.07) is 9.19. The first-order valence-corrected chi connectivity index (χ1v) is 6.26. The Balaban J connectivity index is 1.92. The maximum absolute atomic E-state index is 12.0. The van der Waals surface area contributed by atoms with E-state index in [0.717, 1.165) is 5.56 Å². The molecule has 2 rings (SSSR count). The number of nitrogens with one attached hydrogen (secondary N) is 1. The highest BCUT2D eigenvalue weighted by atomic mass is 16.1. The van der Waals surface area contributed by atoms with E-state index in [2.05, 4.69) is 10.4 Å². The van der Waals surface area contributed by atoms with Crippen molar-refractivity contribution in [1.29, 1.82) is 0 Å². The molecule has 0 saturated carbocycles. The van der Waals surface area contributed by atoms with E-state index in [-0.39, 0.29) is 11.9 Å². The lowest BCUT2D eigenvalue weighted by Crippen LogP contribution is -2.35. The number of rotatable bonds is 5. The molecule has 0 spiro atoms. The minimum atomic E-state index is -0.0803.